The van der Waals surface area contributed by atoms with E-state index < -0.39 is 0 Å². The number of hydrogen-bond acceptors (Lipinski definition) is 4. The van der Waals surface area contributed by atoms with Gasteiger partial charge in [0, 0.05) is 30.8 Å². The molecule has 5 nitrogen and oxygen atoms in total. The first-order valence-corrected chi connectivity index (χ1v) is 10.2. The molecule has 154 valence electrons. The predicted octanol–water partition coefficient (Wildman–Crippen LogP) is 4.63. The predicted molar refractivity (Wildman–Crippen MR) is 117 cm³/mol. The number of ether oxygens (including phenoxy) is 2. The van der Waals surface area contributed by atoms with Gasteiger partial charge in [0.25, 0.3) is 0 Å². The van der Waals surface area contributed by atoms with Crippen LogP contribution in [0.15, 0.2) is 55.1 Å². The van der Waals surface area contributed by atoms with E-state index >= 15 is 0 Å². The number of benzene rings is 2. The molecule has 1 aliphatic rings. The summed E-state index contributed by atoms with van der Waals surface area (Å²) in [6.07, 6.45) is 1.74. The summed E-state index contributed by atoms with van der Waals surface area (Å²) in [5.74, 6) is 1.69. The van der Waals surface area contributed by atoms with Crippen LogP contribution in [0.5, 0.6) is 11.5 Å². The van der Waals surface area contributed by atoms with Crippen LogP contribution in [0.1, 0.15) is 39.2 Å². The maximum atomic E-state index is 11.5. The summed E-state index contributed by atoms with van der Waals surface area (Å²) in [6.45, 7) is 11.6. The lowest BCUT2D eigenvalue weighted by Gasteiger charge is -2.20. The van der Waals surface area contributed by atoms with Gasteiger partial charge >= 0.3 is 0 Å². The molecule has 0 bridgehead atoms. The monoisotopic (exact) mass is 394 g/mol. The maximum absolute atomic E-state index is 11.5. The molecule has 0 aromatic heterocycles. The second kappa shape index (κ2) is 9.50. The first kappa shape index (κ1) is 20.8. The molecule has 3 rings (SSSR count). The Hall–Kier alpha value is -2.95. The van der Waals surface area contributed by atoms with Gasteiger partial charge < -0.3 is 19.7 Å². The highest BCUT2D eigenvalue weighted by atomic mass is 16.5. The minimum atomic E-state index is -0.0369. The number of amides is 1. The molecular formula is C24H30N2O3. The molecule has 29 heavy (non-hydrogen) atoms. The first-order valence-electron chi connectivity index (χ1n) is 10.2. The van der Waals surface area contributed by atoms with Crippen molar-refractivity contribution in [1.82, 2.24) is 5.32 Å². The van der Waals surface area contributed by atoms with Crippen LogP contribution in [0.3, 0.4) is 0 Å². The molecule has 1 fully saturated rings. The topological polar surface area (TPSA) is 50.8 Å². The molecule has 1 N–H and O–H groups in total. The second-order valence-corrected chi connectivity index (χ2v) is 7.54. The van der Waals surface area contributed by atoms with E-state index in [0.29, 0.717) is 12.1 Å². The van der Waals surface area contributed by atoms with Gasteiger partial charge in [-0.1, -0.05) is 13.5 Å². The van der Waals surface area contributed by atoms with Crippen LogP contribution in [-0.2, 0) is 4.79 Å². The van der Waals surface area contributed by atoms with Crippen molar-refractivity contribution in [3.8, 4) is 11.5 Å². The van der Waals surface area contributed by atoms with Crippen molar-refractivity contribution in [2.24, 2.45) is 0 Å². The van der Waals surface area contributed by atoms with Crippen LogP contribution < -0.4 is 19.7 Å². The molecule has 0 aliphatic carbocycles. The van der Waals surface area contributed by atoms with Crippen molar-refractivity contribution in [1.29, 1.82) is 0 Å². The molecule has 0 saturated carbocycles. The molecule has 2 aromatic carbocycles. The van der Waals surface area contributed by atoms with Crippen LogP contribution in [0.2, 0.25) is 0 Å². The van der Waals surface area contributed by atoms with Crippen molar-refractivity contribution >= 4 is 17.3 Å². The molecule has 1 unspecified atom stereocenters. The number of carbonyl (C=O) groups excluding carboxylic acids is 1. The van der Waals surface area contributed by atoms with Gasteiger partial charge in [-0.15, -0.1) is 0 Å². The second-order valence-electron chi connectivity index (χ2n) is 7.54. The van der Waals surface area contributed by atoms with Crippen molar-refractivity contribution in [2.45, 2.75) is 45.8 Å². The number of hydrogen-bond donors (Lipinski definition) is 1. The van der Waals surface area contributed by atoms with Gasteiger partial charge in [-0.2, -0.15) is 0 Å². The number of anilines is 1. The number of nitrogens with zero attached hydrogens (tertiary/aromatic N) is 1. The summed E-state index contributed by atoms with van der Waals surface area (Å²) in [7, 11) is 0. The molecular weight excluding hydrogens is 364 g/mol. The van der Waals surface area contributed by atoms with Crippen molar-refractivity contribution in [3.05, 3.63) is 60.7 Å². The molecule has 2 aromatic rings. The smallest absolute Gasteiger partial charge is 0.224 e. The summed E-state index contributed by atoms with van der Waals surface area (Å²) < 4.78 is 11.9. The first-order chi connectivity index (χ1) is 13.9. The third-order valence-electron chi connectivity index (χ3n) is 4.84. The molecule has 1 heterocycles. The lowest BCUT2D eigenvalue weighted by atomic mass is 10.1. The zero-order valence-electron chi connectivity index (χ0n) is 17.5. The Balaban J connectivity index is 1.53. The van der Waals surface area contributed by atoms with Gasteiger partial charge in [-0.3, -0.25) is 4.79 Å². The fraction of sp³-hybridized carbons (Fsp3) is 0.375. The third-order valence-corrected chi connectivity index (χ3v) is 4.84. The van der Waals surface area contributed by atoms with E-state index in [1.807, 2.05) is 57.2 Å². The van der Waals surface area contributed by atoms with Crippen LogP contribution >= 0.6 is 0 Å². The van der Waals surface area contributed by atoms with Crippen molar-refractivity contribution < 1.29 is 14.3 Å². The Kier molecular flexibility index (Phi) is 6.81. The lowest BCUT2D eigenvalue weighted by molar-refractivity contribution is -0.119. The largest absolute Gasteiger partial charge is 0.491 e. The standard InChI is InChI=1S/C24H30N2O3/c1-5-24(27)25-18(4)19-6-10-22(11-7-19)29-23-14-15-26(16-23)20-8-12-21(13-9-20)28-17(2)3/h6-13,17,23H,4-5,14-16H2,1-3H3,(H,25,27). The minimum Gasteiger partial charge on any atom is -0.491 e. The van der Waals surface area contributed by atoms with Gasteiger partial charge in [0.1, 0.15) is 17.6 Å². The molecule has 1 amide bonds. The SMILES string of the molecule is C=C(NC(=O)CC)c1ccc(OC2CCN(c3ccc(OC(C)C)cc3)C2)cc1. The van der Waals surface area contributed by atoms with E-state index in [2.05, 4.69) is 28.9 Å². The van der Waals surface area contributed by atoms with Gasteiger partial charge in [0.15, 0.2) is 0 Å². The molecule has 1 atom stereocenters. The number of rotatable bonds is 8. The Morgan fingerprint density at radius 2 is 1.79 bits per heavy atom. The summed E-state index contributed by atoms with van der Waals surface area (Å²) in [6, 6.07) is 16.0. The molecule has 1 saturated heterocycles. The van der Waals surface area contributed by atoms with Crippen molar-refractivity contribution in [2.75, 3.05) is 18.0 Å². The third kappa shape index (κ3) is 5.76. The highest BCUT2D eigenvalue weighted by Gasteiger charge is 2.24. The summed E-state index contributed by atoms with van der Waals surface area (Å²) in [5, 5.41) is 2.79. The molecule has 5 heteroatoms. The average Bonchev–Trinajstić information content (AvgIpc) is 3.17. The fourth-order valence-corrected chi connectivity index (χ4v) is 3.32. The van der Waals surface area contributed by atoms with E-state index in [-0.39, 0.29) is 18.1 Å². The zero-order chi connectivity index (χ0) is 20.8. The Bertz CT molecular complexity index is 828. The fourth-order valence-electron chi connectivity index (χ4n) is 3.32. The number of carbonyl (C=O) groups is 1. The van der Waals surface area contributed by atoms with Gasteiger partial charge in [0.05, 0.1) is 12.6 Å². The Labute approximate surface area is 173 Å². The molecule has 0 spiro atoms. The van der Waals surface area contributed by atoms with Crippen molar-refractivity contribution in [3.63, 3.8) is 0 Å². The lowest BCUT2D eigenvalue weighted by Crippen LogP contribution is -2.24. The Morgan fingerprint density at radius 1 is 1.14 bits per heavy atom. The van der Waals surface area contributed by atoms with E-state index in [9.17, 15) is 4.79 Å². The summed E-state index contributed by atoms with van der Waals surface area (Å²) >= 11 is 0. The number of nitrogens with one attached hydrogen (secondary N) is 1. The highest BCUT2D eigenvalue weighted by molar-refractivity contribution is 5.85. The van der Waals surface area contributed by atoms with E-state index in [0.717, 1.165) is 36.6 Å². The minimum absolute atomic E-state index is 0.0369. The van der Waals surface area contributed by atoms with Crippen LogP contribution in [0, 0.1) is 0 Å². The average molecular weight is 395 g/mol. The van der Waals surface area contributed by atoms with Crippen LogP contribution in [0.4, 0.5) is 5.69 Å². The van der Waals surface area contributed by atoms with Gasteiger partial charge in [0.2, 0.25) is 5.91 Å². The van der Waals surface area contributed by atoms with Crippen LogP contribution in [-0.4, -0.2) is 31.2 Å². The molecule has 1 aliphatic heterocycles. The van der Waals surface area contributed by atoms with E-state index in [1.165, 1.54) is 5.69 Å². The maximum Gasteiger partial charge on any atom is 0.224 e. The van der Waals surface area contributed by atoms with E-state index in [4.69, 9.17) is 9.47 Å². The van der Waals surface area contributed by atoms with Gasteiger partial charge in [-0.25, -0.2) is 0 Å². The zero-order valence-corrected chi connectivity index (χ0v) is 17.5. The van der Waals surface area contributed by atoms with E-state index in [1.54, 1.807) is 0 Å². The van der Waals surface area contributed by atoms with Crippen LogP contribution in [0.25, 0.3) is 5.70 Å². The van der Waals surface area contributed by atoms with Gasteiger partial charge in [-0.05, 0) is 67.9 Å². The summed E-state index contributed by atoms with van der Waals surface area (Å²) in [4.78, 5) is 13.8. The quantitative estimate of drug-likeness (QED) is 0.709. The highest BCUT2D eigenvalue weighted by Crippen LogP contribution is 2.26. The molecule has 0 radical (unpaired) electrons. The Morgan fingerprint density at radius 3 is 2.41 bits per heavy atom. The normalized spacial score (nSPS) is 16.0. The summed E-state index contributed by atoms with van der Waals surface area (Å²) in [5.41, 5.74) is 2.68.